The molecule has 6 heteroatoms. The van der Waals surface area contributed by atoms with Gasteiger partial charge in [0, 0.05) is 11.6 Å². The zero-order valence-electron chi connectivity index (χ0n) is 10.2. The Bertz CT molecular complexity index is 546. The molecule has 100 valence electrons. The van der Waals surface area contributed by atoms with Crippen LogP contribution in [0.1, 0.15) is 5.56 Å². The minimum Gasteiger partial charge on any atom is -0.507 e. The second-order valence-corrected chi connectivity index (χ2v) is 3.74. The summed E-state index contributed by atoms with van der Waals surface area (Å²) in [6, 6.07) is 4.71. The maximum Gasteiger partial charge on any atom is 0.378 e. The van der Waals surface area contributed by atoms with Gasteiger partial charge in [-0.1, -0.05) is 0 Å². The summed E-state index contributed by atoms with van der Waals surface area (Å²) in [5.74, 6) is -1.26. The highest BCUT2D eigenvalue weighted by Gasteiger charge is 2.16. The molecule has 0 saturated carbocycles. The number of ether oxygens (including phenoxy) is 3. The molecular formula is C13H12O6. The highest BCUT2D eigenvalue weighted by molar-refractivity contribution is 6.39. The van der Waals surface area contributed by atoms with Crippen molar-refractivity contribution < 1.29 is 28.9 Å². The first-order chi connectivity index (χ1) is 9.11. The fraction of sp³-hybridized carbons (Fsp3) is 0.231. The average molecular weight is 264 g/mol. The van der Waals surface area contributed by atoms with Gasteiger partial charge >= 0.3 is 5.97 Å². The number of methoxy groups -OCH3 is 1. The smallest absolute Gasteiger partial charge is 0.378 e. The fourth-order valence-corrected chi connectivity index (χ4v) is 1.57. The number of fused-ring (bicyclic) bond motifs is 1. The minimum atomic E-state index is -1.04. The van der Waals surface area contributed by atoms with Crippen LogP contribution in [0.15, 0.2) is 24.3 Å². The van der Waals surface area contributed by atoms with Gasteiger partial charge in [-0.05, 0) is 18.2 Å². The molecular weight excluding hydrogens is 252 g/mol. The van der Waals surface area contributed by atoms with Gasteiger partial charge in [-0.3, -0.25) is 4.79 Å². The van der Waals surface area contributed by atoms with Gasteiger partial charge in [0.05, 0.1) is 7.11 Å². The Morgan fingerprint density at radius 2 is 1.95 bits per heavy atom. The van der Waals surface area contributed by atoms with Crippen LogP contribution < -0.4 is 9.47 Å². The molecule has 0 spiro atoms. The van der Waals surface area contributed by atoms with Crippen molar-refractivity contribution in [2.45, 2.75) is 0 Å². The number of carbonyl (C=O) groups excluding carboxylic acids is 2. The number of hydrogen-bond acceptors (Lipinski definition) is 6. The van der Waals surface area contributed by atoms with Gasteiger partial charge in [0.25, 0.3) is 5.78 Å². The first-order valence-corrected chi connectivity index (χ1v) is 5.55. The standard InChI is InChI=1S/C13H12O6/c1-17-13(16)10(15)7-9(14)8-2-3-11-12(6-8)19-5-4-18-11/h2-3,6-7,14H,4-5H2,1H3/b9-7+. The third-order valence-electron chi connectivity index (χ3n) is 2.49. The van der Waals surface area contributed by atoms with Crippen molar-refractivity contribution in [3.63, 3.8) is 0 Å². The molecule has 1 heterocycles. The predicted octanol–water partition coefficient (Wildman–Crippen LogP) is 1.10. The first-order valence-electron chi connectivity index (χ1n) is 5.55. The highest BCUT2D eigenvalue weighted by atomic mass is 16.6. The largest absolute Gasteiger partial charge is 0.507 e. The molecule has 0 aliphatic carbocycles. The zero-order chi connectivity index (χ0) is 13.8. The Labute approximate surface area is 109 Å². The summed E-state index contributed by atoms with van der Waals surface area (Å²) >= 11 is 0. The van der Waals surface area contributed by atoms with Crippen molar-refractivity contribution in [3.8, 4) is 11.5 Å². The van der Waals surface area contributed by atoms with E-state index in [0.717, 1.165) is 13.2 Å². The fourth-order valence-electron chi connectivity index (χ4n) is 1.57. The van der Waals surface area contributed by atoms with E-state index < -0.39 is 11.8 Å². The van der Waals surface area contributed by atoms with Gasteiger partial charge in [-0.15, -0.1) is 0 Å². The number of rotatable bonds is 3. The van der Waals surface area contributed by atoms with Crippen molar-refractivity contribution in [2.75, 3.05) is 20.3 Å². The summed E-state index contributed by atoms with van der Waals surface area (Å²) in [6.07, 6.45) is 0.803. The molecule has 19 heavy (non-hydrogen) atoms. The van der Waals surface area contributed by atoms with Crippen molar-refractivity contribution in [3.05, 3.63) is 29.8 Å². The van der Waals surface area contributed by atoms with Crippen LogP contribution >= 0.6 is 0 Å². The molecule has 0 aromatic heterocycles. The van der Waals surface area contributed by atoms with Crippen LogP contribution in [0.2, 0.25) is 0 Å². The lowest BCUT2D eigenvalue weighted by atomic mass is 10.1. The van der Waals surface area contributed by atoms with E-state index in [1.807, 2.05) is 0 Å². The first kappa shape index (κ1) is 12.9. The Hall–Kier alpha value is -2.50. The molecule has 0 radical (unpaired) electrons. The van der Waals surface area contributed by atoms with Crippen LogP contribution in [0.5, 0.6) is 11.5 Å². The Balaban J connectivity index is 2.24. The monoisotopic (exact) mass is 264 g/mol. The second kappa shape index (κ2) is 5.43. The summed E-state index contributed by atoms with van der Waals surface area (Å²) in [6.45, 7) is 0.886. The quantitative estimate of drug-likeness (QED) is 0.381. The van der Waals surface area contributed by atoms with E-state index in [0.29, 0.717) is 30.3 Å². The van der Waals surface area contributed by atoms with E-state index in [1.54, 1.807) is 12.1 Å². The Kier molecular flexibility index (Phi) is 3.70. The molecule has 0 saturated heterocycles. The van der Waals surface area contributed by atoms with Crippen LogP contribution in [-0.2, 0) is 14.3 Å². The third-order valence-corrected chi connectivity index (χ3v) is 2.49. The maximum absolute atomic E-state index is 11.3. The van der Waals surface area contributed by atoms with Crippen molar-refractivity contribution in [1.29, 1.82) is 0 Å². The number of hydrogen-bond donors (Lipinski definition) is 1. The zero-order valence-corrected chi connectivity index (χ0v) is 10.2. The highest BCUT2D eigenvalue weighted by Crippen LogP contribution is 2.32. The van der Waals surface area contributed by atoms with E-state index in [2.05, 4.69) is 4.74 Å². The molecule has 0 unspecified atom stereocenters. The molecule has 0 bridgehead atoms. The predicted molar refractivity (Wildman–Crippen MR) is 65.1 cm³/mol. The van der Waals surface area contributed by atoms with Crippen LogP contribution in [0.3, 0.4) is 0 Å². The van der Waals surface area contributed by atoms with E-state index in [9.17, 15) is 14.7 Å². The van der Waals surface area contributed by atoms with Crippen LogP contribution in [0, 0.1) is 0 Å². The van der Waals surface area contributed by atoms with E-state index >= 15 is 0 Å². The molecule has 1 aliphatic heterocycles. The minimum absolute atomic E-state index is 0.340. The number of aliphatic hydroxyl groups is 1. The number of aliphatic hydroxyl groups excluding tert-OH is 1. The van der Waals surface area contributed by atoms with Gasteiger partial charge in [0.1, 0.15) is 19.0 Å². The van der Waals surface area contributed by atoms with Crippen LogP contribution in [0.25, 0.3) is 5.76 Å². The molecule has 1 aliphatic rings. The lowest BCUT2D eigenvalue weighted by Gasteiger charge is -2.18. The van der Waals surface area contributed by atoms with Gasteiger partial charge in [-0.2, -0.15) is 0 Å². The van der Waals surface area contributed by atoms with Gasteiger partial charge in [-0.25, -0.2) is 4.79 Å². The Morgan fingerprint density at radius 1 is 1.26 bits per heavy atom. The number of benzene rings is 1. The lowest BCUT2D eigenvalue weighted by Crippen LogP contribution is -2.15. The number of esters is 1. The molecule has 2 rings (SSSR count). The van der Waals surface area contributed by atoms with E-state index in [1.165, 1.54) is 6.07 Å². The van der Waals surface area contributed by atoms with Gasteiger partial charge in [0.15, 0.2) is 11.5 Å². The lowest BCUT2D eigenvalue weighted by molar-refractivity contribution is -0.149. The number of ketones is 1. The third kappa shape index (κ3) is 2.85. The summed E-state index contributed by atoms with van der Waals surface area (Å²) in [5, 5.41) is 9.77. The summed E-state index contributed by atoms with van der Waals surface area (Å²) in [5.41, 5.74) is 0.349. The summed E-state index contributed by atoms with van der Waals surface area (Å²) < 4.78 is 14.9. The van der Waals surface area contributed by atoms with Crippen LogP contribution in [0.4, 0.5) is 0 Å². The van der Waals surface area contributed by atoms with Crippen molar-refractivity contribution in [1.82, 2.24) is 0 Å². The SMILES string of the molecule is COC(=O)C(=O)/C=C(/O)c1ccc2c(c1)OCCO2. The average Bonchev–Trinajstić information content (AvgIpc) is 2.45. The topological polar surface area (TPSA) is 82.1 Å². The van der Waals surface area contributed by atoms with Crippen molar-refractivity contribution >= 4 is 17.5 Å². The number of carbonyl (C=O) groups is 2. The van der Waals surface area contributed by atoms with Gasteiger partial charge < -0.3 is 19.3 Å². The molecule has 1 N–H and O–H groups in total. The second-order valence-electron chi connectivity index (χ2n) is 3.74. The molecule has 1 aromatic carbocycles. The Morgan fingerprint density at radius 3 is 2.63 bits per heavy atom. The van der Waals surface area contributed by atoms with Crippen LogP contribution in [-0.4, -0.2) is 37.2 Å². The molecule has 6 nitrogen and oxygen atoms in total. The molecule has 0 amide bonds. The molecule has 0 fully saturated rings. The summed E-state index contributed by atoms with van der Waals surface area (Å²) in [4.78, 5) is 22.2. The summed E-state index contributed by atoms with van der Waals surface area (Å²) in [7, 11) is 1.09. The van der Waals surface area contributed by atoms with E-state index in [4.69, 9.17) is 9.47 Å². The molecule has 0 atom stereocenters. The maximum atomic E-state index is 11.3. The van der Waals surface area contributed by atoms with Gasteiger partial charge in [0.2, 0.25) is 0 Å². The van der Waals surface area contributed by atoms with E-state index in [-0.39, 0.29) is 5.76 Å². The van der Waals surface area contributed by atoms with Crippen molar-refractivity contribution in [2.24, 2.45) is 0 Å². The molecule has 1 aromatic rings. The normalized spacial score (nSPS) is 13.8.